The number of benzene rings is 1. The Kier molecular flexibility index (Phi) is 3.57. The molecule has 0 saturated heterocycles. The molecular weight excluding hydrogens is 298 g/mol. The van der Waals surface area contributed by atoms with E-state index in [0.29, 0.717) is 16.6 Å². The van der Waals surface area contributed by atoms with Crippen molar-refractivity contribution in [1.29, 1.82) is 0 Å². The normalized spacial score (nSPS) is 33.1. The van der Waals surface area contributed by atoms with Gasteiger partial charge in [-0.3, -0.25) is 0 Å². The van der Waals surface area contributed by atoms with Crippen LogP contribution in [0.1, 0.15) is 40.0 Å². The number of hydrogen-bond acceptors (Lipinski definition) is 3. The summed E-state index contributed by atoms with van der Waals surface area (Å²) in [6.07, 6.45) is 3.25. The zero-order valence-electron chi connectivity index (χ0n) is 13.7. The molecule has 0 amide bonds. The van der Waals surface area contributed by atoms with E-state index in [1.807, 2.05) is 0 Å². The zero-order chi connectivity index (χ0) is 16.2. The lowest BCUT2D eigenvalue weighted by Gasteiger charge is -2.39. The van der Waals surface area contributed by atoms with Crippen LogP contribution in [0.25, 0.3) is 0 Å². The third kappa shape index (κ3) is 2.17. The monoisotopic (exact) mass is 323 g/mol. The van der Waals surface area contributed by atoms with E-state index in [-0.39, 0.29) is 16.9 Å². The summed E-state index contributed by atoms with van der Waals surface area (Å²) in [5.41, 5.74) is 0.233. The van der Waals surface area contributed by atoms with Crippen LogP contribution in [0.3, 0.4) is 0 Å². The molecule has 0 radical (unpaired) electrons. The lowest BCUT2D eigenvalue weighted by Crippen LogP contribution is -2.46. The van der Waals surface area contributed by atoms with Crippen molar-refractivity contribution >= 4 is 10.0 Å². The molecule has 0 heterocycles. The lowest BCUT2D eigenvalue weighted by molar-refractivity contribution is 0.130. The smallest absolute Gasteiger partial charge is 0.240 e. The Balaban J connectivity index is 1.83. The molecule has 3 atom stereocenters. The van der Waals surface area contributed by atoms with Crippen molar-refractivity contribution in [2.45, 2.75) is 51.0 Å². The second-order valence-electron chi connectivity index (χ2n) is 7.46. The Morgan fingerprint density at radius 1 is 1.18 bits per heavy atom. The summed E-state index contributed by atoms with van der Waals surface area (Å²) in [6, 6.07) is 6.58. The topological polar surface area (TPSA) is 55.4 Å². The van der Waals surface area contributed by atoms with E-state index < -0.39 is 10.0 Å². The predicted octanol–water partition coefficient (Wildman–Crippen LogP) is 3.19. The summed E-state index contributed by atoms with van der Waals surface area (Å²) in [5, 5.41) is 0. The number of methoxy groups -OCH3 is 1. The number of fused-ring (bicyclic) bond motifs is 2. The summed E-state index contributed by atoms with van der Waals surface area (Å²) in [7, 11) is -1.92. The molecule has 122 valence electrons. The van der Waals surface area contributed by atoms with E-state index in [0.717, 1.165) is 12.8 Å². The van der Waals surface area contributed by atoms with E-state index >= 15 is 0 Å². The van der Waals surface area contributed by atoms with Gasteiger partial charge >= 0.3 is 0 Å². The molecule has 2 bridgehead atoms. The maximum atomic E-state index is 12.7. The van der Waals surface area contributed by atoms with Crippen molar-refractivity contribution in [1.82, 2.24) is 4.72 Å². The number of hydrogen-bond donors (Lipinski definition) is 1. The van der Waals surface area contributed by atoms with Crippen molar-refractivity contribution in [3.8, 4) is 5.75 Å². The Morgan fingerprint density at radius 3 is 2.27 bits per heavy atom. The van der Waals surface area contributed by atoms with Gasteiger partial charge < -0.3 is 4.74 Å². The van der Waals surface area contributed by atoms with E-state index in [1.165, 1.54) is 6.42 Å². The molecule has 0 unspecified atom stereocenters. The van der Waals surface area contributed by atoms with Crippen LogP contribution in [-0.4, -0.2) is 21.6 Å². The summed E-state index contributed by atoms with van der Waals surface area (Å²) in [6.45, 7) is 6.81. The highest BCUT2D eigenvalue weighted by molar-refractivity contribution is 7.89. The molecule has 5 heteroatoms. The van der Waals surface area contributed by atoms with Crippen LogP contribution in [0.5, 0.6) is 5.75 Å². The first kappa shape index (κ1) is 15.8. The van der Waals surface area contributed by atoms with Gasteiger partial charge in [0.05, 0.1) is 12.0 Å². The van der Waals surface area contributed by atoms with Crippen LogP contribution in [0.2, 0.25) is 0 Å². The predicted molar refractivity (Wildman–Crippen MR) is 86.3 cm³/mol. The molecule has 1 aromatic carbocycles. The minimum absolute atomic E-state index is 0.0216. The van der Waals surface area contributed by atoms with Gasteiger partial charge in [-0.25, -0.2) is 13.1 Å². The SMILES string of the molecule is COc1ccc(S(=O)(=O)N[C@@H]2C[C@H]3CC[C@@]2(C)C3(C)C)cc1. The molecule has 4 nitrogen and oxygen atoms in total. The third-order valence-corrected chi connectivity index (χ3v) is 7.95. The standard InChI is InChI=1S/C17H25NO3S/c1-16(2)12-9-10-17(16,3)15(11-12)18-22(19,20)14-7-5-13(21-4)6-8-14/h5-8,12,15,18H,9-11H2,1-4H3/t12-,15-,17-/m1/s1. The minimum atomic E-state index is -3.49. The Bertz CT molecular complexity index is 666. The van der Waals surface area contributed by atoms with Gasteiger partial charge in [-0.05, 0) is 60.3 Å². The Morgan fingerprint density at radius 2 is 1.82 bits per heavy atom. The van der Waals surface area contributed by atoms with Crippen molar-refractivity contribution in [2.24, 2.45) is 16.7 Å². The maximum absolute atomic E-state index is 12.7. The van der Waals surface area contributed by atoms with E-state index in [9.17, 15) is 8.42 Å². The summed E-state index contributed by atoms with van der Waals surface area (Å²) >= 11 is 0. The molecule has 0 spiro atoms. The van der Waals surface area contributed by atoms with Crippen molar-refractivity contribution < 1.29 is 13.2 Å². The average molecular weight is 323 g/mol. The Labute approximate surface area is 133 Å². The van der Waals surface area contributed by atoms with Crippen LogP contribution < -0.4 is 9.46 Å². The summed E-state index contributed by atoms with van der Waals surface area (Å²) < 4.78 is 33.4. The molecular formula is C17H25NO3S. The quantitative estimate of drug-likeness (QED) is 0.926. The number of ether oxygens (including phenoxy) is 1. The molecule has 22 heavy (non-hydrogen) atoms. The average Bonchev–Trinajstić information content (AvgIpc) is 2.80. The summed E-state index contributed by atoms with van der Waals surface area (Å²) in [4.78, 5) is 0.303. The van der Waals surface area contributed by atoms with Gasteiger partial charge in [-0.1, -0.05) is 20.8 Å². The molecule has 2 saturated carbocycles. The lowest BCUT2D eigenvalue weighted by atomic mass is 9.69. The van der Waals surface area contributed by atoms with Gasteiger partial charge in [-0.15, -0.1) is 0 Å². The molecule has 0 aliphatic heterocycles. The Hall–Kier alpha value is -1.07. The summed E-state index contributed by atoms with van der Waals surface area (Å²) in [5.74, 6) is 1.27. The van der Waals surface area contributed by atoms with Crippen molar-refractivity contribution in [2.75, 3.05) is 7.11 Å². The minimum Gasteiger partial charge on any atom is -0.497 e. The first-order valence-electron chi connectivity index (χ1n) is 7.87. The third-order valence-electron chi connectivity index (χ3n) is 6.46. The van der Waals surface area contributed by atoms with Gasteiger partial charge in [0, 0.05) is 6.04 Å². The van der Waals surface area contributed by atoms with Crippen molar-refractivity contribution in [3.05, 3.63) is 24.3 Å². The van der Waals surface area contributed by atoms with Gasteiger partial charge in [0.15, 0.2) is 0 Å². The highest BCUT2D eigenvalue weighted by Gasteiger charge is 2.61. The van der Waals surface area contributed by atoms with Crippen LogP contribution in [0.15, 0.2) is 29.2 Å². The first-order chi connectivity index (χ1) is 10.2. The van der Waals surface area contributed by atoms with E-state index in [4.69, 9.17) is 4.74 Å². The first-order valence-corrected chi connectivity index (χ1v) is 9.35. The fourth-order valence-corrected chi connectivity index (χ4v) is 5.75. The fourth-order valence-electron chi connectivity index (χ4n) is 4.39. The van der Waals surface area contributed by atoms with Crippen molar-refractivity contribution in [3.63, 3.8) is 0 Å². The fraction of sp³-hybridized carbons (Fsp3) is 0.647. The van der Waals surface area contributed by atoms with Gasteiger partial charge in [-0.2, -0.15) is 0 Å². The van der Waals surface area contributed by atoms with Crippen LogP contribution in [0.4, 0.5) is 0 Å². The largest absolute Gasteiger partial charge is 0.497 e. The highest BCUT2D eigenvalue weighted by atomic mass is 32.2. The van der Waals surface area contributed by atoms with E-state index in [2.05, 4.69) is 25.5 Å². The second kappa shape index (κ2) is 4.96. The van der Waals surface area contributed by atoms with E-state index in [1.54, 1.807) is 31.4 Å². The van der Waals surface area contributed by atoms with Crippen LogP contribution >= 0.6 is 0 Å². The number of nitrogens with one attached hydrogen (secondary N) is 1. The van der Waals surface area contributed by atoms with Crippen LogP contribution in [0, 0.1) is 16.7 Å². The van der Waals surface area contributed by atoms with Gasteiger partial charge in [0.2, 0.25) is 10.0 Å². The molecule has 3 rings (SSSR count). The van der Waals surface area contributed by atoms with Gasteiger partial charge in [0.1, 0.15) is 5.75 Å². The molecule has 0 aromatic heterocycles. The zero-order valence-corrected chi connectivity index (χ0v) is 14.5. The molecule has 2 fully saturated rings. The second-order valence-corrected chi connectivity index (χ2v) is 9.17. The highest BCUT2D eigenvalue weighted by Crippen LogP contribution is 2.65. The number of sulfonamides is 1. The maximum Gasteiger partial charge on any atom is 0.240 e. The molecule has 1 N–H and O–H groups in total. The molecule has 2 aliphatic rings. The number of rotatable bonds is 4. The molecule has 2 aliphatic carbocycles. The molecule has 1 aromatic rings. The van der Waals surface area contributed by atoms with Crippen LogP contribution in [-0.2, 0) is 10.0 Å². The van der Waals surface area contributed by atoms with Gasteiger partial charge in [0.25, 0.3) is 0 Å².